The van der Waals surface area contributed by atoms with E-state index in [9.17, 15) is 18.0 Å². The summed E-state index contributed by atoms with van der Waals surface area (Å²) < 4.78 is 29.0. The van der Waals surface area contributed by atoms with Crippen LogP contribution in [0.3, 0.4) is 0 Å². The van der Waals surface area contributed by atoms with Crippen LogP contribution in [0.25, 0.3) is 0 Å². The van der Waals surface area contributed by atoms with Gasteiger partial charge in [-0.1, -0.05) is 57.2 Å². The Labute approximate surface area is 213 Å². The highest BCUT2D eigenvalue weighted by Crippen LogP contribution is 2.27. The van der Waals surface area contributed by atoms with Crippen molar-refractivity contribution in [2.45, 2.75) is 58.0 Å². The molecule has 0 heterocycles. The first-order chi connectivity index (χ1) is 16.8. The molecule has 3 rings (SSSR count). The van der Waals surface area contributed by atoms with E-state index in [1.165, 1.54) is 18.2 Å². The number of hydrogen-bond donors (Lipinski definition) is 2. The molecule has 2 N–H and O–H groups in total. The maximum Gasteiger partial charge on any atom is 0.243 e. The van der Waals surface area contributed by atoms with Gasteiger partial charge in [0, 0.05) is 38.3 Å². The summed E-state index contributed by atoms with van der Waals surface area (Å²) in [6.45, 7) is 9.27. The third kappa shape index (κ3) is 7.26. The molecule has 190 valence electrons. The third-order valence-corrected chi connectivity index (χ3v) is 7.38. The molecule has 0 aliphatic heterocycles. The van der Waals surface area contributed by atoms with E-state index >= 15 is 0 Å². The van der Waals surface area contributed by atoms with Crippen molar-refractivity contribution in [1.82, 2.24) is 4.31 Å². The van der Waals surface area contributed by atoms with Crippen LogP contribution in [0, 0.1) is 0 Å². The summed E-state index contributed by atoms with van der Waals surface area (Å²) in [5.74, 6) is -0.407. The zero-order chi connectivity index (χ0) is 26.5. The molecule has 0 bridgehead atoms. The average Bonchev–Trinajstić information content (AvgIpc) is 2.78. The molecule has 0 saturated heterocycles. The molecule has 0 fully saturated rings. The standard InChI is InChI=1S/C28H33N3O4S/c1-20(32)29-25-10-6-8-22(16-25)18-31(19-23-9-7-11-26(17-23)30-21(2)33)36(34,35)27-14-12-24(13-15-27)28(3,4)5/h6-17H,18-19H2,1-5H3,(H,29,32)(H,30,33). The Bertz CT molecular complexity index is 1280. The van der Waals surface area contributed by atoms with E-state index in [2.05, 4.69) is 31.4 Å². The number of nitrogens with one attached hydrogen (secondary N) is 2. The predicted molar refractivity (Wildman–Crippen MR) is 143 cm³/mol. The topological polar surface area (TPSA) is 95.6 Å². The van der Waals surface area contributed by atoms with Crippen LogP contribution in [0.15, 0.2) is 77.7 Å². The van der Waals surface area contributed by atoms with Gasteiger partial charge in [0.2, 0.25) is 21.8 Å². The highest BCUT2D eigenvalue weighted by Gasteiger charge is 2.26. The van der Waals surface area contributed by atoms with Crippen molar-refractivity contribution in [3.05, 3.63) is 89.5 Å². The molecule has 0 aromatic heterocycles. The number of anilines is 2. The van der Waals surface area contributed by atoms with E-state index in [1.54, 1.807) is 48.5 Å². The van der Waals surface area contributed by atoms with Gasteiger partial charge < -0.3 is 10.6 Å². The number of carbonyl (C=O) groups excluding carboxylic acids is 2. The minimum atomic E-state index is -3.87. The molecule has 0 aliphatic carbocycles. The van der Waals surface area contributed by atoms with Crippen molar-refractivity contribution >= 4 is 33.2 Å². The zero-order valence-corrected chi connectivity index (χ0v) is 22.1. The maximum atomic E-state index is 13.8. The highest BCUT2D eigenvalue weighted by molar-refractivity contribution is 7.89. The van der Waals surface area contributed by atoms with Crippen LogP contribution < -0.4 is 10.6 Å². The van der Waals surface area contributed by atoms with Crippen LogP contribution >= 0.6 is 0 Å². The smallest absolute Gasteiger partial charge is 0.243 e. The van der Waals surface area contributed by atoms with Crippen molar-refractivity contribution in [1.29, 1.82) is 0 Å². The number of nitrogens with zero attached hydrogens (tertiary/aromatic N) is 1. The predicted octanol–water partition coefficient (Wildman–Crippen LogP) is 5.29. The molecule has 3 aromatic carbocycles. The van der Waals surface area contributed by atoms with Crippen LogP contribution in [0.1, 0.15) is 51.3 Å². The van der Waals surface area contributed by atoms with Gasteiger partial charge in [-0.15, -0.1) is 0 Å². The van der Waals surface area contributed by atoms with Gasteiger partial charge in [0.1, 0.15) is 0 Å². The van der Waals surface area contributed by atoms with Gasteiger partial charge in [-0.2, -0.15) is 4.31 Å². The van der Waals surface area contributed by atoms with E-state index in [-0.39, 0.29) is 35.2 Å². The summed E-state index contributed by atoms with van der Waals surface area (Å²) in [5.41, 5.74) is 3.59. The van der Waals surface area contributed by atoms with E-state index in [0.717, 1.165) is 16.7 Å². The molecule has 0 spiro atoms. The van der Waals surface area contributed by atoms with Crippen molar-refractivity contribution < 1.29 is 18.0 Å². The first kappa shape index (κ1) is 27.1. The van der Waals surface area contributed by atoms with Crippen LogP contribution in [0.4, 0.5) is 11.4 Å². The number of hydrogen-bond acceptors (Lipinski definition) is 4. The van der Waals surface area contributed by atoms with Gasteiger partial charge in [0.05, 0.1) is 4.90 Å². The summed E-state index contributed by atoms with van der Waals surface area (Å²) in [5, 5.41) is 5.47. The fourth-order valence-electron chi connectivity index (χ4n) is 3.81. The summed E-state index contributed by atoms with van der Waals surface area (Å²) in [4.78, 5) is 23.2. The van der Waals surface area contributed by atoms with Gasteiger partial charge in [-0.3, -0.25) is 9.59 Å². The first-order valence-electron chi connectivity index (χ1n) is 11.7. The number of carbonyl (C=O) groups is 2. The molecule has 36 heavy (non-hydrogen) atoms. The lowest BCUT2D eigenvalue weighted by Crippen LogP contribution is -2.30. The van der Waals surface area contributed by atoms with Crippen LogP contribution in [-0.4, -0.2) is 24.5 Å². The first-order valence-corrected chi connectivity index (χ1v) is 13.1. The Hall–Kier alpha value is -3.49. The summed E-state index contributed by atoms with van der Waals surface area (Å²) in [6, 6.07) is 21.2. The highest BCUT2D eigenvalue weighted by atomic mass is 32.2. The average molecular weight is 508 g/mol. The number of rotatable bonds is 8. The molecule has 0 aliphatic rings. The van der Waals surface area contributed by atoms with Crippen molar-refractivity contribution in [2.75, 3.05) is 10.6 Å². The van der Waals surface area contributed by atoms with Crippen LogP contribution in [0.5, 0.6) is 0 Å². The molecule has 2 amide bonds. The van der Waals surface area contributed by atoms with Crippen molar-refractivity contribution in [3.8, 4) is 0 Å². The molecule has 7 nitrogen and oxygen atoms in total. The van der Waals surface area contributed by atoms with Crippen molar-refractivity contribution in [3.63, 3.8) is 0 Å². The monoisotopic (exact) mass is 507 g/mol. The fourth-order valence-corrected chi connectivity index (χ4v) is 5.23. The van der Waals surface area contributed by atoms with E-state index in [1.807, 2.05) is 24.3 Å². The van der Waals surface area contributed by atoms with Gasteiger partial charge in [0.15, 0.2) is 0 Å². The molecule has 0 unspecified atom stereocenters. The Morgan fingerprint density at radius 1 is 0.750 bits per heavy atom. The third-order valence-electron chi connectivity index (χ3n) is 5.57. The molecular weight excluding hydrogens is 474 g/mol. The minimum Gasteiger partial charge on any atom is -0.326 e. The van der Waals surface area contributed by atoms with Gasteiger partial charge >= 0.3 is 0 Å². The minimum absolute atomic E-state index is 0.0984. The SMILES string of the molecule is CC(=O)Nc1cccc(CN(Cc2cccc(NC(C)=O)c2)S(=O)(=O)c2ccc(C(C)(C)C)cc2)c1. The Balaban J connectivity index is 1.99. The largest absolute Gasteiger partial charge is 0.326 e. The Morgan fingerprint density at radius 3 is 1.58 bits per heavy atom. The van der Waals surface area contributed by atoms with Crippen molar-refractivity contribution in [2.24, 2.45) is 0 Å². The number of sulfonamides is 1. The maximum absolute atomic E-state index is 13.8. The van der Waals surface area contributed by atoms with Gasteiger partial charge in [0.25, 0.3) is 0 Å². The summed E-state index contributed by atoms with van der Waals surface area (Å²) in [7, 11) is -3.87. The molecule has 0 saturated carbocycles. The molecule has 3 aromatic rings. The van der Waals surface area contributed by atoms with Crippen LogP contribution in [-0.2, 0) is 38.1 Å². The van der Waals surface area contributed by atoms with E-state index < -0.39 is 10.0 Å². The second kappa shape index (κ2) is 11.1. The lowest BCUT2D eigenvalue weighted by Gasteiger charge is -2.24. The Kier molecular flexibility index (Phi) is 8.32. The number of benzene rings is 3. The summed E-state index contributed by atoms with van der Waals surface area (Å²) >= 11 is 0. The lowest BCUT2D eigenvalue weighted by atomic mass is 9.87. The molecule has 8 heteroatoms. The zero-order valence-electron chi connectivity index (χ0n) is 21.3. The Morgan fingerprint density at radius 2 is 1.19 bits per heavy atom. The molecular formula is C28H33N3O4S. The fraction of sp³-hybridized carbons (Fsp3) is 0.286. The lowest BCUT2D eigenvalue weighted by molar-refractivity contribution is -0.115. The van der Waals surface area contributed by atoms with Crippen LogP contribution in [0.2, 0.25) is 0 Å². The summed E-state index contributed by atoms with van der Waals surface area (Å²) in [6.07, 6.45) is 0. The molecule has 0 atom stereocenters. The number of amides is 2. The second-order valence-electron chi connectivity index (χ2n) is 9.81. The molecule has 0 radical (unpaired) electrons. The van der Waals surface area contributed by atoms with E-state index in [0.29, 0.717) is 11.4 Å². The van der Waals surface area contributed by atoms with Gasteiger partial charge in [-0.05, 0) is 58.5 Å². The quantitative estimate of drug-likeness (QED) is 0.433. The normalized spacial score (nSPS) is 11.8. The van der Waals surface area contributed by atoms with Gasteiger partial charge in [-0.25, -0.2) is 8.42 Å². The van der Waals surface area contributed by atoms with E-state index in [4.69, 9.17) is 0 Å². The second-order valence-corrected chi connectivity index (χ2v) is 11.7.